The Morgan fingerprint density at radius 2 is 2.29 bits per heavy atom. The first-order chi connectivity index (χ1) is 3.39. The Morgan fingerprint density at radius 1 is 1.43 bits per heavy atom. The van der Waals surface area contributed by atoms with Gasteiger partial charge in [0.2, 0.25) is 0 Å². The van der Waals surface area contributed by atoms with Gasteiger partial charge in [0.15, 0.2) is 0 Å². The molecule has 2 heteroatoms. The van der Waals surface area contributed by atoms with Gasteiger partial charge >= 0.3 is 70.5 Å². The summed E-state index contributed by atoms with van der Waals surface area (Å²) in [7, 11) is 0. The van der Waals surface area contributed by atoms with Gasteiger partial charge in [0.1, 0.15) is 0 Å². The van der Waals surface area contributed by atoms with Crippen molar-refractivity contribution in [2.75, 3.05) is 0 Å². The van der Waals surface area contributed by atoms with Crippen molar-refractivity contribution in [2.24, 2.45) is 0 Å². The predicted molar refractivity (Wildman–Crippen MR) is 23.2 cm³/mol. The van der Waals surface area contributed by atoms with E-state index >= 15 is 0 Å². The predicted octanol–water partition coefficient (Wildman–Crippen LogP) is 0.962. The van der Waals surface area contributed by atoms with Gasteiger partial charge in [-0.25, -0.2) is 0 Å². The van der Waals surface area contributed by atoms with E-state index in [0.717, 1.165) is 39.6 Å². The Morgan fingerprint density at radius 3 is 2.57 bits per heavy atom. The van der Waals surface area contributed by atoms with Crippen LogP contribution in [0.3, 0.4) is 0 Å². The van der Waals surface area contributed by atoms with Crippen molar-refractivity contribution in [1.82, 2.24) is 0 Å². The molecule has 1 heterocycles. The summed E-state index contributed by atoms with van der Waals surface area (Å²) >= 11 is 1.09. The summed E-state index contributed by atoms with van der Waals surface area (Å²) in [6.07, 6.45) is 7.71. The van der Waals surface area contributed by atoms with Gasteiger partial charge in [-0.15, -0.1) is 0 Å². The molecule has 1 rings (SSSR count). The summed E-state index contributed by atoms with van der Waals surface area (Å²) < 4.78 is 5.48. The van der Waals surface area contributed by atoms with Gasteiger partial charge in [-0.05, 0) is 0 Å². The fraction of sp³-hybridized carbons (Fsp3) is 0.200. The van der Waals surface area contributed by atoms with E-state index in [2.05, 4.69) is 6.08 Å². The molecule has 1 atom stereocenters. The van der Waals surface area contributed by atoms with Crippen LogP contribution in [0.25, 0.3) is 0 Å². The maximum absolute atomic E-state index is 5.07. The van der Waals surface area contributed by atoms with E-state index in [4.69, 9.17) is 4.74 Å². The van der Waals surface area contributed by atoms with Gasteiger partial charge in [0.25, 0.3) is 0 Å². The average molecular weight is 221 g/mol. The van der Waals surface area contributed by atoms with Crippen LogP contribution < -0.4 is 0 Å². The van der Waals surface area contributed by atoms with Gasteiger partial charge in [-0.1, -0.05) is 0 Å². The topological polar surface area (TPSA) is 9.23 Å². The molecule has 0 radical (unpaired) electrons. The Labute approximate surface area is 69.7 Å². The maximum atomic E-state index is 5.07. The molecule has 0 aromatic rings. The van der Waals surface area contributed by atoms with Crippen LogP contribution in [-0.2, 0) is 4.74 Å². The van der Waals surface area contributed by atoms with Gasteiger partial charge in [-0.3, -0.25) is 0 Å². The van der Waals surface area contributed by atoms with Gasteiger partial charge in [-0.2, -0.15) is 0 Å². The molecule has 0 aliphatic carbocycles. The van der Waals surface area contributed by atoms with Crippen LogP contribution in [0.5, 0.6) is 0 Å². The van der Waals surface area contributed by atoms with Crippen molar-refractivity contribution < 1.29 is 44.4 Å². The quantitative estimate of drug-likeness (QED) is 0.592. The van der Waals surface area contributed by atoms with Gasteiger partial charge in [0.05, 0.1) is 0 Å². The minimum absolute atomic E-state index is 0.407. The molecule has 1 aliphatic rings. The fourth-order valence-corrected chi connectivity index (χ4v) is 0.981. The molecule has 0 saturated carbocycles. The Hall–Kier alpha value is 0.657. The third kappa shape index (κ3) is 1.93. The SMILES string of the molecule is [Ce][CH]1C=CC=CO1. The molecule has 0 N–H and O–H groups in total. The van der Waals surface area contributed by atoms with Crippen LogP contribution in [-0.4, -0.2) is 1.62 Å². The first kappa shape index (κ1) is 5.79. The molecular weight excluding hydrogens is 216 g/mol. The van der Waals surface area contributed by atoms with Crippen molar-refractivity contribution in [1.29, 1.82) is 0 Å². The third-order valence-corrected chi connectivity index (χ3v) is 1.73. The molecule has 1 unspecified atom stereocenters. The van der Waals surface area contributed by atoms with Crippen molar-refractivity contribution >= 4 is 0 Å². The summed E-state index contributed by atoms with van der Waals surface area (Å²) in [4.78, 5) is 0. The first-order valence-corrected chi connectivity index (χ1v) is 3.91. The second-order valence-corrected chi connectivity index (χ2v) is 3.06. The molecule has 1 nitrogen and oxygen atoms in total. The molecule has 0 aromatic carbocycles. The molecule has 0 saturated heterocycles. The number of allylic oxidation sites excluding steroid dienone is 2. The second-order valence-electron chi connectivity index (χ2n) is 1.27. The monoisotopic (exact) mass is 221 g/mol. The van der Waals surface area contributed by atoms with Crippen molar-refractivity contribution in [2.45, 2.75) is 1.62 Å². The van der Waals surface area contributed by atoms with Crippen LogP contribution in [0.2, 0.25) is 0 Å². The number of rotatable bonds is 0. The zero-order valence-corrected chi connectivity index (χ0v) is 6.94. The second kappa shape index (κ2) is 2.84. The van der Waals surface area contributed by atoms with Crippen molar-refractivity contribution in [3.05, 3.63) is 24.5 Å². The van der Waals surface area contributed by atoms with Crippen LogP contribution >= 0.6 is 0 Å². The first-order valence-electron chi connectivity index (χ1n) is 2.09. The number of hydrogen-bond acceptors (Lipinski definition) is 1. The third-order valence-electron chi connectivity index (χ3n) is 0.701. The van der Waals surface area contributed by atoms with E-state index in [-0.39, 0.29) is 0 Å². The summed E-state index contributed by atoms with van der Waals surface area (Å²) in [5.74, 6) is 0. The zero-order valence-electron chi connectivity index (χ0n) is 3.79. The fourth-order valence-electron chi connectivity index (χ4n) is 0.386. The van der Waals surface area contributed by atoms with Crippen molar-refractivity contribution in [3.63, 3.8) is 0 Å². The van der Waals surface area contributed by atoms with E-state index in [0.29, 0.717) is 1.62 Å². The van der Waals surface area contributed by atoms with Crippen LogP contribution in [0.4, 0.5) is 0 Å². The van der Waals surface area contributed by atoms with Crippen LogP contribution in [0, 0.1) is 39.6 Å². The summed E-state index contributed by atoms with van der Waals surface area (Å²) in [6, 6.07) is 0. The molecule has 0 amide bonds. The van der Waals surface area contributed by atoms with E-state index in [1.165, 1.54) is 0 Å². The summed E-state index contributed by atoms with van der Waals surface area (Å²) in [5.41, 5.74) is 0. The molecule has 0 aromatic heterocycles. The Balaban J connectivity index is 2.49. The van der Waals surface area contributed by atoms with Crippen LogP contribution in [0.1, 0.15) is 0 Å². The number of ether oxygens (including phenoxy) is 1. The van der Waals surface area contributed by atoms with E-state index in [1.807, 2.05) is 12.2 Å². The molecule has 35 valence electrons. The van der Waals surface area contributed by atoms with Gasteiger partial charge in [0, 0.05) is 0 Å². The normalized spacial score (nSPS) is 27.0. The molecule has 7 heavy (non-hydrogen) atoms. The van der Waals surface area contributed by atoms with E-state index in [1.54, 1.807) is 6.26 Å². The van der Waals surface area contributed by atoms with Crippen LogP contribution in [0.15, 0.2) is 24.5 Å². The standard InChI is InChI=1S/C5H5O.Ce/c1-2-4-6-5-3-1;/h1-5H;. The number of hydrogen-bond donors (Lipinski definition) is 0. The molecule has 0 spiro atoms. The Kier molecular flexibility index (Phi) is 2.35. The average Bonchev–Trinajstić information content (AvgIpc) is 1.69. The molecule has 0 fully saturated rings. The summed E-state index contributed by atoms with van der Waals surface area (Å²) in [6.45, 7) is 0. The minimum atomic E-state index is 0.407. The van der Waals surface area contributed by atoms with E-state index in [9.17, 15) is 0 Å². The van der Waals surface area contributed by atoms with Gasteiger partial charge < -0.3 is 0 Å². The van der Waals surface area contributed by atoms with E-state index < -0.39 is 0 Å². The summed E-state index contributed by atoms with van der Waals surface area (Å²) in [5, 5.41) is 0. The Bertz CT molecular complexity index is 107. The zero-order chi connectivity index (χ0) is 5.11. The molecule has 0 bridgehead atoms. The molecule has 1 aliphatic heterocycles. The molecular formula is C5H5CeO. The van der Waals surface area contributed by atoms with Crippen molar-refractivity contribution in [3.8, 4) is 0 Å².